The van der Waals surface area contributed by atoms with Crippen molar-refractivity contribution in [2.24, 2.45) is 0 Å². The van der Waals surface area contributed by atoms with E-state index in [2.05, 4.69) is 15.9 Å². The quantitative estimate of drug-likeness (QED) is 0.501. The van der Waals surface area contributed by atoms with Gasteiger partial charge >= 0.3 is 0 Å². The highest BCUT2D eigenvalue weighted by molar-refractivity contribution is 9.10. The van der Waals surface area contributed by atoms with Gasteiger partial charge in [-0.25, -0.2) is 4.39 Å². The molecule has 30 heavy (non-hydrogen) atoms. The molecule has 2 amide bonds. The van der Waals surface area contributed by atoms with Crippen LogP contribution in [0.15, 0.2) is 69.8 Å². The highest BCUT2D eigenvalue weighted by Crippen LogP contribution is 2.24. The molecule has 0 spiro atoms. The number of halogens is 2. The largest absolute Gasteiger partial charge is 0.492 e. The Balaban J connectivity index is 1.68. The minimum Gasteiger partial charge on any atom is -0.492 e. The highest BCUT2D eigenvalue weighted by Gasteiger charge is 2.23. The average Bonchev–Trinajstić information content (AvgIpc) is 3.19. The third-order valence-electron chi connectivity index (χ3n) is 4.44. The van der Waals surface area contributed by atoms with E-state index in [1.807, 2.05) is 0 Å². The molecule has 0 radical (unpaired) electrons. The summed E-state index contributed by atoms with van der Waals surface area (Å²) in [4.78, 5) is 28.5. The molecule has 1 heterocycles. The number of hydrogen-bond donors (Lipinski definition) is 0. The maximum Gasteiger partial charge on any atom is 0.293 e. The first kappa shape index (κ1) is 21.6. The van der Waals surface area contributed by atoms with E-state index in [0.717, 1.165) is 0 Å². The second-order valence-electron chi connectivity index (χ2n) is 6.51. The van der Waals surface area contributed by atoms with Crippen LogP contribution < -0.4 is 9.64 Å². The van der Waals surface area contributed by atoms with Crippen molar-refractivity contribution in [2.75, 3.05) is 32.1 Å². The first-order valence-corrected chi connectivity index (χ1v) is 9.92. The number of ether oxygens (including phenoxy) is 1. The normalized spacial score (nSPS) is 10.5. The summed E-state index contributed by atoms with van der Waals surface area (Å²) >= 11 is 3.18. The van der Waals surface area contributed by atoms with Crippen LogP contribution in [0.1, 0.15) is 20.9 Å². The zero-order valence-electron chi connectivity index (χ0n) is 16.5. The molecular formula is C22H20BrFN2O4. The molecule has 0 saturated carbocycles. The zero-order chi connectivity index (χ0) is 21.7. The fourth-order valence-corrected chi connectivity index (χ4v) is 3.10. The molecule has 0 atom stereocenters. The Kier molecular flexibility index (Phi) is 6.89. The predicted molar refractivity (Wildman–Crippen MR) is 114 cm³/mol. The van der Waals surface area contributed by atoms with Gasteiger partial charge in [-0.05, 0) is 64.5 Å². The summed E-state index contributed by atoms with van der Waals surface area (Å²) < 4.78 is 24.3. The Morgan fingerprint density at radius 3 is 2.37 bits per heavy atom. The van der Waals surface area contributed by atoms with E-state index < -0.39 is 0 Å². The van der Waals surface area contributed by atoms with Gasteiger partial charge in [-0.15, -0.1) is 0 Å². The van der Waals surface area contributed by atoms with E-state index in [1.54, 1.807) is 50.5 Å². The van der Waals surface area contributed by atoms with Gasteiger partial charge in [0.05, 0.1) is 17.8 Å². The molecule has 0 aliphatic rings. The summed E-state index contributed by atoms with van der Waals surface area (Å²) in [6.07, 6.45) is 0. The lowest BCUT2D eigenvalue weighted by atomic mass is 10.1. The van der Waals surface area contributed by atoms with Gasteiger partial charge in [0, 0.05) is 14.1 Å². The molecule has 3 rings (SSSR count). The summed E-state index contributed by atoms with van der Waals surface area (Å²) in [5.74, 6) is -0.288. The van der Waals surface area contributed by atoms with Crippen LogP contribution in [0.25, 0.3) is 0 Å². The van der Waals surface area contributed by atoms with Crippen LogP contribution in [-0.4, -0.2) is 44.0 Å². The smallest absolute Gasteiger partial charge is 0.293 e. The SMILES string of the molecule is CN(CCOc1ccc(F)cc1)C(=O)c1ccccc1N(C)C(=O)c1ccc(Br)o1. The van der Waals surface area contributed by atoms with Crippen molar-refractivity contribution in [3.05, 3.63) is 82.5 Å². The first-order chi connectivity index (χ1) is 14.4. The molecular weight excluding hydrogens is 455 g/mol. The van der Waals surface area contributed by atoms with Gasteiger partial charge in [-0.3, -0.25) is 9.59 Å². The number of furan rings is 1. The standard InChI is InChI=1S/C22H20BrFN2O4/c1-25(13-14-29-16-9-7-15(24)8-10-16)21(27)17-5-3-4-6-18(17)26(2)22(28)19-11-12-20(23)30-19/h3-12H,13-14H2,1-2H3. The number of anilines is 1. The second kappa shape index (κ2) is 9.58. The van der Waals surface area contributed by atoms with Gasteiger partial charge < -0.3 is 19.0 Å². The molecule has 0 N–H and O–H groups in total. The van der Waals surface area contributed by atoms with E-state index in [-0.39, 0.29) is 30.0 Å². The van der Waals surface area contributed by atoms with E-state index in [0.29, 0.717) is 28.2 Å². The van der Waals surface area contributed by atoms with E-state index in [4.69, 9.17) is 9.15 Å². The van der Waals surface area contributed by atoms with Crippen molar-refractivity contribution in [3.8, 4) is 5.75 Å². The molecule has 156 valence electrons. The Hall–Kier alpha value is -3.13. The summed E-state index contributed by atoms with van der Waals surface area (Å²) in [6, 6.07) is 15.7. The summed E-state index contributed by atoms with van der Waals surface area (Å²) in [5, 5.41) is 0. The summed E-state index contributed by atoms with van der Waals surface area (Å²) in [5.41, 5.74) is 0.842. The van der Waals surface area contributed by atoms with Crippen LogP contribution >= 0.6 is 15.9 Å². The molecule has 0 aliphatic heterocycles. The lowest BCUT2D eigenvalue weighted by Crippen LogP contribution is -2.33. The minimum atomic E-state index is -0.372. The zero-order valence-corrected chi connectivity index (χ0v) is 18.1. The molecule has 0 aliphatic carbocycles. The maximum atomic E-state index is 13.0. The fraction of sp³-hybridized carbons (Fsp3) is 0.182. The van der Waals surface area contributed by atoms with Gasteiger partial charge in [0.1, 0.15) is 18.2 Å². The van der Waals surface area contributed by atoms with E-state index in [1.165, 1.54) is 34.1 Å². The first-order valence-electron chi connectivity index (χ1n) is 9.13. The second-order valence-corrected chi connectivity index (χ2v) is 7.30. The van der Waals surface area contributed by atoms with Crippen molar-refractivity contribution >= 4 is 33.4 Å². The maximum absolute atomic E-state index is 13.0. The molecule has 0 fully saturated rings. The number of hydrogen-bond acceptors (Lipinski definition) is 4. The van der Waals surface area contributed by atoms with Crippen molar-refractivity contribution in [1.82, 2.24) is 4.90 Å². The molecule has 3 aromatic rings. The van der Waals surface area contributed by atoms with Crippen LogP contribution in [-0.2, 0) is 0 Å². The van der Waals surface area contributed by atoms with Gasteiger partial charge in [0.25, 0.3) is 11.8 Å². The Bertz CT molecular complexity index is 1040. The van der Waals surface area contributed by atoms with Crippen LogP contribution in [0.3, 0.4) is 0 Å². The fourth-order valence-electron chi connectivity index (χ4n) is 2.79. The highest BCUT2D eigenvalue weighted by atomic mass is 79.9. The Morgan fingerprint density at radius 1 is 1.00 bits per heavy atom. The molecule has 6 nitrogen and oxygen atoms in total. The molecule has 0 saturated heterocycles. The molecule has 1 aromatic heterocycles. The average molecular weight is 475 g/mol. The summed E-state index contributed by atoms with van der Waals surface area (Å²) in [7, 11) is 3.24. The molecule has 8 heteroatoms. The lowest BCUT2D eigenvalue weighted by Gasteiger charge is -2.23. The topological polar surface area (TPSA) is 63.0 Å². The number of carbonyl (C=O) groups is 2. The number of rotatable bonds is 7. The van der Waals surface area contributed by atoms with E-state index >= 15 is 0 Å². The van der Waals surface area contributed by atoms with Crippen molar-refractivity contribution in [2.45, 2.75) is 0 Å². The number of amides is 2. The van der Waals surface area contributed by atoms with Crippen LogP contribution in [0, 0.1) is 5.82 Å². The van der Waals surface area contributed by atoms with Crippen molar-refractivity contribution in [1.29, 1.82) is 0 Å². The third-order valence-corrected chi connectivity index (χ3v) is 4.87. The number of para-hydroxylation sites is 1. The Morgan fingerprint density at radius 2 is 1.70 bits per heavy atom. The van der Waals surface area contributed by atoms with Crippen molar-refractivity contribution in [3.63, 3.8) is 0 Å². The number of likely N-dealkylation sites (N-methyl/N-ethyl adjacent to an activating group) is 1. The van der Waals surface area contributed by atoms with Gasteiger partial charge in [0.2, 0.25) is 0 Å². The van der Waals surface area contributed by atoms with Crippen LogP contribution in [0.2, 0.25) is 0 Å². The van der Waals surface area contributed by atoms with Gasteiger partial charge in [-0.1, -0.05) is 12.1 Å². The van der Waals surface area contributed by atoms with E-state index in [9.17, 15) is 14.0 Å². The number of nitrogens with zero attached hydrogens (tertiary/aromatic N) is 2. The third kappa shape index (κ3) is 5.07. The summed E-state index contributed by atoms with van der Waals surface area (Å²) in [6.45, 7) is 0.554. The van der Waals surface area contributed by atoms with Crippen LogP contribution in [0.5, 0.6) is 5.75 Å². The molecule has 2 aromatic carbocycles. The minimum absolute atomic E-state index is 0.160. The number of carbonyl (C=O) groups excluding carboxylic acids is 2. The lowest BCUT2D eigenvalue weighted by molar-refractivity contribution is 0.0774. The molecule has 0 unspecified atom stereocenters. The predicted octanol–water partition coefficient (Wildman–Crippen LogP) is 4.61. The monoisotopic (exact) mass is 474 g/mol. The van der Waals surface area contributed by atoms with Crippen LogP contribution in [0.4, 0.5) is 10.1 Å². The van der Waals surface area contributed by atoms with Gasteiger partial charge in [-0.2, -0.15) is 0 Å². The number of benzene rings is 2. The van der Waals surface area contributed by atoms with Gasteiger partial charge in [0.15, 0.2) is 10.4 Å². The molecule has 0 bridgehead atoms. The van der Waals surface area contributed by atoms with Crippen molar-refractivity contribution < 1.29 is 23.1 Å². The Labute approximate surface area is 182 Å².